The largest absolute Gasteiger partial charge is 0.508 e. The Bertz CT molecular complexity index is 2830. The standard InChI is InChI=1S/C49H54ClN9O7/c1-4-49(64)35-24-38-43-31(26-59(38)47(62)34(35)28-65-48(49)63)23-32-33(39(60)12-10-36(32)54-43)27-57-21-19-56(20-22-57)16-8-6-5-7-9-30-14-17-58(18-15-30)45-41(25-53-55-44(45)46(51)61)66-40-13-11-37(52-3)42(50)29(40)2/h10-13,23-25,30,60,64H,4-9,14-22,26-28H2,1-2H3,(H2,51,61)/t49-/m0/s1. The van der Waals surface area contributed by atoms with Gasteiger partial charge in [-0.2, -0.15) is 5.10 Å². The van der Waals surface area contributed by atoms with Crippen LogP contribution < -0.4 is 20.9 Å². The number of halogens is 1. The number of phenolic OH excluding ortho intramolecular Hbond substituents is 1. The van der Waals surface area contributed by atoms with Crippen molar-refractivity contribution < 1.29 is 29.3 Å². The van der Waals surface area contributed by atoms with Gasteiger partial charge in [-0.05, 0) is 81.0 Å². The monoisotopic (exact) mass is 915 g/mol. The Balaban J connectivity index is 0.735. The van der Waals surface area contributed by atoms with Crippen LogP contribution in [-0.4, -0.2) is 97.5 Å². The highest BCUT2D eigenvalue weighted by Gasteiger charge is 2.45. The number of nitrogens with zero attached hydrogens (tertiary/aromatic N) is 8. The van der Waals surface area contributed by atoms with E-state index in [0.29, 0.717) is 74.9 Å². The Morgan fingerprint density at radius 1 is 1.03 bits per heavy atom. The Kier molecular flexibility index (Phi) is 12.7. The van der Waals surface area contributed by atoms with Crippen LogP contribution in [0.15, 0.2) is 47.4 Å². The quantitative estimate of drug-likeness (QED) is 0.0577. The number of ether oxygens (including phenoxy) is 2. The zero-order valence-corrected chi connectivity index (χ0v) is 38.1. The molecule has 2 fully saturated rings. The normalized spacial score (nSPS) is 18.7. The highest BCUT2D eigenvalue weighted by Crippen LogP contribution is 2.42. The molecule has 344 valence electrons. The summed E-state index contributed by atoms with van der Waals surface area (Å²) >= 11 is 6.41. The van der Waals surface area contributed by atoms with Crippen molar-refractivity contribution >= 4 is 45.8 Å². The molecular formula is C49H54ClN9O7. The van der Waals surface area contributed by atoms with Gasteiger partial charge in [0.25, 0.3) is 11.5 Å². The summed E-state index contributed by atoms with van der Waals surface area (Å²) in [5.41, 5.74) is 9.27. The lowest BCUT2D eigenvalue weighted by Gasteiger charge is -2.35. The molecule has 0 bridgehead atoms. The highest BCUT2D eigenvalue weighted by molar-refractivity contribution is 6.34. The molecule has 2 saturated heterocycles. The Labute approximate surface area is 387 Å². The number of anilines is 1. The number of aromatic nitrogens is 4. The summed E-state index contributed by atoms with van der Waals surface area (Å²) in [6.45, 7) is 17.7. The molecule has 4 aliphatic rings. The lowest BCUT2D eigenvalue weighted by molar-refractivity contribution is -0.172. The number of hydrogen-bond acceptors (Lipinski definition) is 13. The van der Waals surface area contributed by atoms with Gasteiger partial charge in [0.15, 0.2) is 17.0 Å². The number of aliphatic hydroxyl groups is 1. The molecule has 66 heavy (non-hydrogen) atoms. The third-order valence-electron chi connectivity index (χ3n) is 14.1. The molecule has 16 nitrogen and oxygen atoms in total. The molecule has 0 aliphatic carbocycles. The Morgan fingerprint density at radius 3 is 2.53 bits per heavy atom. The van der Waals surface area contributed by atoms with Crippen LogP contribution in [0, 0.1) is 19.4 Å². The summed E-state index contributed by atoms with van der Waals surface area (Å²) in [4.78, 5) is 54.2. The molecular weight excluding hydrogens is 862 g/mol. The minimum atomic E-state index is -1.88. The van der Waals surface area contributed by atoms with Crippen molar-refractivity contribution in [1.82, 2.24) is 29.5 Å². The molecule has 17 heteroatoms. The van der Waals surface area contributed by atoms with Gasteiger partial charge in [0.1, 0.15) is 23.8 Å². The van der Waals surface area contributed by atoms with Gasteiger partial charge < -0.3 is 39.8 Å². The number of benzene rings is 2. The van der Waals surface area contributed by atoms with E-state index in [2.05, 4.69) is 29.7 Å². The number of carbonyl (C=O) groups is 2. The minimum Gasteiger partial charge on any atom is -0.508 e. The number of cyclic esters (lactones) is 1. The number of carbonyl (C=O) groups excluding carboxylic acids is 2. The number of aromatic hydroxyl groups is 1. The van der Waals surface area contributed by atoms with Crippen LogP contribution in [0.5, 0.6) is 17.2 Å². The van der Waals surface area contributed by atoms with Gasteiger partial charge in [-0.25, -0.2) is 14.6 Å². The molecule has 0 unspecified atom stereocenters. The predicted octanol–water partition coefficient (Wildman–Crippen LogP) is 6.96. The molecule has 2 aromatic carbocycles. The van der Waals surface area contributed by atoms with E-state index in [0.717, 1.165) is 88.0 Å². The highest BCUT2D eigenvalue weighted by atomic mass is 35.5. The van der Waals surface area contributed by atoms with Crippen molar-refractivity contribution in [3.8, 4) is 28.6 Å². The predicted molar refractivity (Wildman–Crippen MR) is 249 cm³/mol. The number of primary amides is 1. The van der Waals surface area contributed by atoms with Crippen LogP contribution in [0.2, 0.25) is 5.02 Å². The number of piperidine rings is 1. The number of amides is 1. The van der Waals surface area contributed by atoms with E-state index in [1.54, 1.807) is 48.7 Å². The maximum atomic E-state index is 13.7. The number of piperazine rings is 1. The van der Waals surface area contributed by atoms with Crippen molar-refractivity contribution in [2.75, 3.05) is 50.7 Å². The third-order valence-corrected chi connectivity index (χ3v) is 14.5. The molecule has 5 aromatic rings. The number of unbranched alkanes of at least 4 members (excludes halogenated alkanes) is 3. The molecule has 7 heterocycles. The average molecular weight is 916 g/mol. The second-order valence-electron chi connectivity index (χ2n) is 18.0. The number of esters is 1. The van der Waals surface area contributed by atoms with Crippen LogP contribution in [0.4, 0.5) is 11.4 Å². The zero-order chi connectivity index (χ0) is 46.3. The number of hydrogen-bond donors (Lipinski definition) is 3. The molecule has 4 N–H and O–H groups in total. The van der Waals surface area contributed by atoms with Gasteiger partial charge in [-0.15, -0.1) is 5.10 Å². The van der Waals surface area contributed by atoms with Crippen molar-refractivity contribution in [1.29, 1.82) is 0 Å². The first kappa shape index (κ1) is 45.1. The molecule has 0 saturated carbocycles. The molecule has 1 atom stereocenters. The van der Waals surface area contributed by atoms with Crippen LogP contribution in [0.25, 0.3) is 27.1 Å². The van der Waals surface area contributed by atoms with Gasteiger partial charge in [-0.1, -0.05) is 50.3 Å². The molecule has 0 spiro atoms. The number of pyridine rings is 2. The van der Waals surface area contributed by atoms with Crippen LogP contribution in [0.1, 0.15) is 96.6 Å². The van der Waals surface area contributed by atoms with Gasteiger partial charge in [0.05, 0.1) is 46.8 Å². The second kappa shape index (κ2) is 18.6. The second-order valence-corrected chi connectivity index (χ2v) is 18.4. The summed E-state index contributed by atoms with van der Waals surface area (Å²) in [7, 11) is 0. The summed E-state index contributed by atoms with van der Waals surface area (Å²) in [6.07, 6.45) is 9.36. The maximum Gasteiger partial charge on any atom is 0.343 e. The first-order valence-electron chi connectivity index (χ1n) is 22.9. The zero-order valence-electron chi connectivity index (χ0n) is 37.3. The first-order valence-corrected chi connectivity index (χ1v) is 23.3. The Morgan fingerprint density at radius 2 is 1.79 bits per heavy atom. The topological polar surface area (TPSA) is 194 Å². The molecule has 0 radical (unpaired) electrons. The lowest BCUT2D eigenvalue weighted by Crippen LogP contribution is -2.46. The fraction of sp³-hybridized carbons (Fsp3) is 0.449. The average Bonchev–Trinajstić information content (AvgIpc) is 3.69. The number of fused-ring (bicyclic) bond motifs is 5. The summed E-state index contributed by atoms with van der Waals surface area (Å²) in [5.74, 6) is 0.219. The molecule has 9 rings (SSSR count). The number of phenols is 1. The summed E-state index contributed by atoms with van der Waals surface area (Å²) in [5, 5.41) is 31.6. The fourth-order valence-electron chi connectivity index (χ4n) is 10.1. The minimum absolute atomic E-state index is 0.0659. The van der Waals surface area contributed by atoms with E-state index >= 15 is 0 Å². The van der Waals surface area contributed by atoms with Crippen molar-refractivity contribution in [2.24, 2.45) is 11.7 Å². The van der Waals surface area contributed by atoms with E-state index in [1.165, 1.54) is 25.5 Å². The van der Waals surface area contributed by atoms with Gasteiger partial charge in [-0.3, -0.25) is 14.5 Å². The van der Waals surface area contributed by atoms with Crippen LogP contribution >= 0.6 is 11.6 Å². The Hall–Kier alpha value is -6.12. The maximum absolute atomic E-state index is 13.7. The number of rotatable bonds is 14. The van der Waals surface area contributed by atoms with Gasteiger partial charge in [0.2, 0.25) is 5.69 Å². The molecule has 4 aliphatic heterocycles. The van der Waals surface area contributed by atoms with E-state index in [9.17, 15) is 24.6 Å². The summed E-state index contributed by atoms with van der Waals surface area (Å²) < 4.78 is 13.1. The molecule has 3 aromatic heterocycles. The van der Waals surface area contributed by atoms with E-state index in [4.69, 9.17) is 38.4 Å². The van der Waals surface area contributed by atoms with E-state index in [-0.39, 0.29) is 35.6 Å². The fourth-order valence-corrected chi connectivity index (χ4v) is 10.3. The van der Waals surface area contributed by atoms with Gasteiger partial charge >= 0.3 is 5.97 Å². The first-order chi connectivity index (χ1) is 31.9. The van der Waals surface area contributed by atoms with Crippen molar-refractivity contribution in [2.45, 2.75) is 90.5 Å². The lowest BCUT2D eigenvalue weighted by atomic mass is 9.86. The van der Waals surface area contributed by atoms with E-state index in [1.807, 2.05) is 6.07 Å². The number of nitrogens with two attached hydrogens (primary N) is 1. The van der Waals surface area contributed by atoms with Gasteiger partial charge in [0, 0.05) is 67.9 Å². The molecule has 1 amide bonds. The van der Waals surface area contributed by atoms with Crippen LogP contribution in [-0.2, 0) is 34.8 Å². The smallest absolute Gasteiger partial charge is 0.343 e. The third kappa shape index (κ3) is 8.45. The van der Waals surface area contributed by atoms with Crippen molar-refractivity contribution in [3.63, 3.8) is 0 Å². The SMILES string of the molecule is [C-]#[N+]c1ccc(Oc2cnnc(C(N)=O)c2N2CCC(CCCCCCN3CCN(Cc4c(O)ccc5nc6c(cc45)Cn4c-6cc5c(c4=O)COC(=O)[C@]5(O)CC)CC3)CC2)c(C)c1Cl. The van der Waals surface area contributed by atoms with E-state index < -0.39 is 17.5 Å². The summed E-state index contributed by atoms with van der Waals surface area (Å²) in [6, 6.07) is 10.5. The van der Waals surface area contributed by atoms with Crippen LogP contribution in [0.3, 0.4) is 0 Å². The van der Waals surface area contributed by atoms with Crippen molar-refractivity contribution in [3.05, 3.63) is 103 Å².